The summed E-state index contributed by atoms with van der Waals surface area (Å²) in [6, 6.07) is 3.97. The van der Waals surface area contributed by atoms with Gasteiger partial charge >= 0.3 is 0 Å². The molecule has 1 N–H and O–H groups in total. The van der Waals surface area contributed by atoms with Gasteiger partial charge in [0, 0.05) is 36.6 Å². The van der Waals surface area contributed by atoms with Crippen molar-refractivity contribution in [1.29, 1.82) is 0 Å². The Labute approximate surface area is 90.8 Å². The monoisotopic (exact) mass is 206 g/mol. The number of hydrogen-bond donors (Lipinski definition) is 1. The topological polar surface area (TPSA) is 36.4 Å². The van der Waals surface area contributed by atoms with Gasteiger partial charge in [-0.2, -0.15) is 0 Å². The lowest BCUT2D eigenvalue weighted by Gasteiger charge is -2.30. The van der Waals surface area contributed by atoms with Crippen LogP contribution < -0.4 is 4.90 Å². The van der Waals surface area contributed by atoms with Gasteiger partial charge in [-0.1, -0.05) is 13.8 Å². The second-order valence-electron chi connectivity index (χ2n) is 5.22. The molecular weight excluding hydrogens is 188 g/mol. The Bertz CT molecular complexity index is 330. The maximum absolute atomic E-state index is 10.3. The normalized spacial score (nSPS) is 29.5. The van der Waals surface area contributed by atoms with Crippen molar-refractivity contribution in [3.8, 4) is 0 Å². The van der Waals surface area contributed by atoms with E-state index in [-0.39, 0.29) is 5.41 Å². The molecule has 82 valence electrons. The first-order chi connectivity index (χ1) is 6.92. The molecule has 0 spiro atoms. The van der Waals surface area contributed by atoms with Gasteiger partial charge in [-0.05, 0) is 19.1 Å². The number of β-amino-alcohol motifs (C(OH)–C–C–N with tert-alkyl or cyclic N) is 1. The van der Waals surface area contributed by atoms with Gasteiger partial charge in [-0.3, -0.25) is 4.98 Å². The van der Waals surface area contributed by atoms with Crippen molar-refractivity contribution in [2.45, 2.75) is 26.4 Å². The van der Waals surface area contributed by atoms with Crippen LogP contribution in [0.25, 0.3) is 0 Å². The predicted molar refractivity (Wildman–Crippen MR) is 60.9 cm³/mol. The molecule has 1 aliphatic rings. The molecule has 3 heteroatoms. The van der Waals surface area contributed by atoms with Gasteiger partial charge < -0.3 is 10.0 Å². The standard InChI is InChI=1S/C12H18N2O/c1-11(2)8-14(9-12(11,3)15)10-4-6-13-7-5-10/h4-7,15H,8-9H2,1-3H3/t12-/m0/s1. The number of nitrogens with zero attached hydrogens (tertiary/aromatic N) is 2. The minimum Gasteiger partial charge on any atom is -0.388 e. The highest BCUT2D eigenvalue weighted by Gasteiger charge is 2.47. The number of hydrogen-bond acceptors (Lipinski definition) is 3. The van der Waals surface area contributed by atoms with Gasteiger partial charge in [-0.25, -0.2) is 0 Å². The first-order valence-corrected chi connectivity index (χ1v) is 5.30. The van der Waals surface area contributed by atoms with Crippen LogP contribution in [0.4, 0.5) is 5.69 Å². The van der Waals surface area contributed by atoms with Crippen LogP contribution in [0.2, 0.25) is 0 Å². The lowest BCUT2D eigenvalue weighted by atomic mass is 9.79. The fourth-order valence-corrected chi connectivity index (χ4v) is 2.03. The Morgan fingerprint density at radius 3 is 2.27 bits per heavy atom. The summed E-state index contributed by atoms with van der Waals surface area (Å²) in [4.78, 5) is 6.21. The van der Waals surface area contributed by atoms with Gasteiger partial charge in [0.1, 0.15) is 0 Å². The van der Waals surface area contributed by atoms with E-state index in [9.17, 15) is 5.11 Å². The average molecular weight is 206 g/mol. The zero-order valence-corrected chi connectivity index (χ0v) is 9.57. The van der Waals surface area contributed by atoms with E-state index in [1.165, 1.54) is 0 Å². The van der Waals surface area contributed by atoms with Crippen LogP contribution >= 0.6 is 0 Å². The summed E-state index contributed by atoms with van der Waals surface area (Å²) < 4.78 is 0. The highest BCUT2D eigenvalue weighted by atomic mass is 16.3. The van der Waals surface area contributed by atoms with E-state index in [1.807, 2.05) is 19.1 Å². The minimum absolute atomic E-state index is 0.0731. The third-order valence-corrected chi connectivity index (χ3v) is 3.57. The van der Waals surface area contributed by atoms with Crippen molar-refractivity contribution in [3.63, 3.8) is 0 Å². The second-order valence-corrected chi connectivity index (χ2v) is 5.22. The SMILES string of the molecule is CC1(C)CN(c2ccncc2)C[C@]1(C)O. The lowest BCUT2D eigenvalue weighted by Crippen LogP contribution is -2.40. The maximum atomic E-state index is 10.3. The Hall–Kier alpha value is -1.09. The van der Waals surface area contributed by atoms with E-state index in [4.69, 9.17) is 0 Å². The number of pyridine rings is 1. The van der Waals surface area contributed by atoms with E-state index in [2.05, 4.69) is 23.7 Å². The molecule has 0 aromatic carbocycles. The molecule has 0 radical (unpaired) electrons. The second kappa shape index (κ2) is 3.20. The van der Waals surface area contributed by atoms with Crippen molar-refractivity contribution in [2.24, 2.45) is 5.41 Å². The zero-order chi connectivity index (χ0) is 11.1. The average Bonchev–Trinajstić information content (AvgIpc) is 2.38. The van der Waals surface area contributed by atoms with Crippen LogP contribution in [-0.4, -0.2) is 28.8 Å². The molecule has 1 aromatic heterocycles. The molecule has 1 aromatic rings. The van der Waals surface area contributed by atoms with E-state index < -0.39 is 5.60 Å². The third kappa shape index (κ3) is 1.72. The Morgan fingerprint density at radius 2 is 1.80 bits per heavy atom. The van der Waals surface area contributed by atoms with E-state index in [0.29, 0.717) is 6.54 Å². The van der Waals surface area contributed by atoms with E-state index >= 15 is 0 Å². The summed E-state index contributed by atoms with van der Waals surface area (Å²) in [5, 5.41) is 10.3. The summed E-state index contributed by atoms with van der Waals surface area (Å²) in [5.74, 6) is 0. The molecule has 0 unspecified atom stereocenters. The zero-order valence-electron chi connectivity index (χ0n) is 9.57. The number of rotatable bonds is 1. The van der Waals surface area contributed by atoms with Gasteiger partial charge in [0.2, 0.25) is 0 Å². The van der Waals surface area contributed by atoms with Crippen molar-refractivity contribution < 1.29 is 5.11 Å². The van der Waals surface area contributed by atoms with Crippen molar-refractivity contribution in [1.82, 2.24) is 4.98 Å². The van der Waals surface area contributed by atoms with Gasteiger partial charge in [0.25, 0.3) is 0 Å². The summed E-state index contributed by atoms with van der Waals surface area (Å²) in [5.41, 5.74) is 0.433. The highest BCUT2D eigenvalue weighted by molar-refractivity contribution is 5.47. The Balaban J connectivity index is 2.24. The maximum Gasteiger partial charge on any atom is 0.0861 e. The number of aliphatic hydroxyl groups is 1. The molecule has 0 saturated carbocycles. The van der Waals surface area contributed by atoms with Crippen molar-refractivity contribution >= 4 is 5.69 Å². The molecule has 1 aliphatic heterocycles. The largest absolute Gasteiger partial charge is 0.388 e. The molecule has 2 rings (SSSR count). The predicted octanol–water partition coefficient (Wildman–Crippen LogP) is 1.68. The molecule has 1 saturated heterocycles. The van der Waals surface area contributed by atoms with Crippen LogP contribution in [0.3, 0.4) is 0 Å². The van der Waals surface area contributed by atoms with E-state index in [0.717, 1.165) is 12.2 Å². The minimum atomic E-state index is -0.629. The highest BCUT2D eigenvalue weighted by Crippen LogP contribution is 2.40. The molecule has 0 bridgehead atoms. The molecular formula is C12H18N2O. The fourth-order valence-electron chi connectivity index (χ4n) is 2.03. The van der Waals surface area contributed by atoms with Crippen LogP contribution in [-0.2, 0) is 0 Å². The molecule has 0 aliphatic carbocycles. The molecule has 0 amide bonds. The smallest absolute Gasteiger partial charge is 0.0861 e. The van der Waals surface area contributed by atoms with Crippen LogP contribution in [0.1, 0.15) is 20.8 Å². The van der Waals surface area contributed by atoms with Crippen molar-refractivity contribution in [3.05, 3.63) is 24.5 Å². The summed E-state index contributed by atoms with van der Waals surface area (Å²) in [6.45, 7) is 7.69. The Kier molecular flexibility index (Phi) is 2.23. The summed E-state index contributed by atoms with van der Waals surface area (Å²) in [7, 11) is 0. The van der Waals surface area contributed by atoms with Crippen LogP contribution in [0.15, 0.2) is 24.5 Å². The molecule has 1 atom stereocenters. The molecule has 3 nitrogen and oxygen atoms in total. The van der Waals surface area contributed by atoms with Crippen LogP contribution in [0, 0.1) is 5.41 Å². The molecule has 15 heavy (non-hydrogen) atoms. The summed E-state index contributed by atoms with van der Waals surface area (Å²) >= 11 is 0. The van der Waals surface area contributed by atoms with Gasteiger partial charge in [0.05, 0.1) is 5.60 Å². The first-order valence-electron chi connectivity index (χ1n) is 5.30. The Morgan fingerprint density at radius 1 is 1.20 bits per heavy atom. The first kappa shape index (κ1) is 10.4. The quantitative estimate of drug-likeness (QED) is 0.759. The van der Waals surface area contributed by atoms with Crippen LogP contribution in [0.5, 0.6) is 0 Å². The third-order valence-electron chi connectivity index (χ3n) is 3.57. The number of anilines is 1. The summed E-state index contributed by atoms with van der Waals surface area (Å²) in [6.07, 6.45) is 3.57. The molecule has 1 fully saturated rings. The lowest BCUT2D eigenvalue weighted by molar-refractivity contribution is -0.00890. The van der Waals surface area contributed by atoms with Gasteiger partial charge in [0.15, 0.2) is 0 Å². The number of aromatic nitrogens is 1. The van der Waals surface area contributed by atoms with Gasteiger partial charge in [-0.15, -0.1) is 0 Å². The van der Waals surface area contributed by atoms with E-state index in [1.54, 1.807) is 12.4 Å². The fraction of sp³-hybridized carbons (Fsp3) is 0.583. The molecule has 2 heterocycles. The van der Waals surface area contributed by atoms with Crippen molar-refractivity contribution in [2.75, 3.05) is 18.0 Å².